The fourth-order valence-electron chi connectivity index (χ4n) is 3.98. The number of carbonyl (C=O) groups excluding carboxylic acids is 2. The van der Waals surface area contributed by atoms with Gasteiger partial charge in [0.25, 0.3) is 0 Å². The summed E-state index contributed by atoms with van der Waals surface area (Å²) in [6.07, 6.45) is 2.59. The Hall–Kier alpha value is -4.00. The van der Waals surface area contributed by atoms with Gasteiger partial charge in [0.2, 0.25) is 18.6 Å². The summed E-state index contributed by atoms with van der Waals surface area (Å²) in [6.45, 7) is 6.72. The van der Waals surface area contributed by atoms with Crippen molar-refractivity contribution >= 4 is 11.8 Å². The average molecular weight is 475 g/mol. The van der Waals surface area contributed by atoms with Crippen molar-refractivity contribution in [2.75, 3.05) is 19.9 Å². The van der Waals surface area contributed by atoms with E-state index < -0.39 is 0 Å². The summed E-state index contributed by atoms with van der Waals surface area (Å²) in [5.74, 6) is 2.55. The fraction of sp³-hybridized carbons (Fsp3) is 0.286. The highest BCUT2D eigenvalue weighted by atomic mass is 16.7. The molecule has 1 aromatic heterocycles. The van der Waals surface area contributed by atoms with Gasteiger partial charge in [-0.05, 0) is 48.7 Å². The number of fused-ring (bicyclic) bond motifs is 1. The SMILES string of the molecule is C=CCN(CC(=O)N(Cc1ccc2c(c1)OCO2)Cc1ccc(C)o1)C(=O)CCc1ccccc1. The van der Waals surface area contributed by atoms with E-state index in [9.17, 15) is 9.59 Å². The maximum Gasteiger partial charge on any atom is 0.242 e. The number of hydrogen-bond donors (Lipinski definition) is 0. The monoisotopic (exact) mass is 474 g/mol. The van der Waals surface area contributed by atoms with Crippen LogP contribution in [0.15, 0.2) is 77.7 Å². The van der Waals surface area contributed by atoms with Crippen molar-refractivity contribution in [3.63, 3.8) is 0 Å². The van der Waals surface area contributed by atoms with Gasteiger partial charge in [0.05, 0.1) is 6.54 Å². The van der Waals surface area contributed by atoms with Crippen LogP contribution in [0.2, 0.25) is 0 Å². The summed E-state index contributed by atoms with van der Waals surface area (Å²) in [4.78, 5) is 29.7. The molecule has 0 atom stereocenters. The molecule has 2 amide bonds. The maximum atomic E-state index is 13.5. The summed E-state index contributed by atoms with van der Waals surface area (Å²) in [5.41, 5.74) is 1.99. The van der Waals surface area contributed by atoms with E-state index in [-0.39, 0.29) is 25.2 Å². The first-order valence-electron chi connectivity index (χ1n) is 11.7. The van der Waals surface area contributed by atoms with Gasteiger partial charge in [0, 0.05) is 19.5 Å². The predicted octanol–water partition coefficient (Wildman–Crippen LogP) is 4.49. The average Bonchev–Trinajstić information content (AvgIpc) is 3.50. The predicted molar refractivity (Wildman–Crippen MR) is 132 cm³/mol. The zero-order valence-electron chi connectivity index (χ0n) is 19.9. The number of hydrogen-bond acceptors (Lipinski definition) is 5. The van der Waals surface area contributed by atoms with Gasteiger partial charge in [-0.25, -0.2) is 0 Å². The van der Waals surface area contributed by atoms with Crippen molar-refractivity contribution in [1.29, 1.82) is 0 Å². The molecule has 0 radical (unpaired) electrons. The van der Waals surface area contributed by atoms with Crippen LogP contribution >= 0.6 is 0 Å². The Labute approximate surface area is 205 Å². The molecule has 0 saturated carbocycles. The largest absolute Gasteiger partial charge is 0.464 e. The van der Waals surface area contributed by atoms with Gasteiger partial charge < -0.3 is 23.7 Å². The van der Waals surface area contributed by atoms with Crippen LogP contribution in [0.1, 0.15) is 29.1 Å². The lowest BCUT2D eigenvalue weighted by Crippen LogP contribution is -2.42. The van der Waals surface area contributed by atoms with Crippen molar-refractivity contribution < 1.29 is 23.5 Å². The molecule has 0 aliphatic carbocycles. The van der Waals surface area contributed by atoms with E-state index in [1.54, 1.807) is 15.9 Å². The highest BCUT2D eigenvalue weighted by Crippen LogP contribution is 2.33. The minimum atomic E-state index is -0.174. The zero-order chi connectivity index (χ0) is 24.6. The van der Waals surface area contributed by atoms with Crippen LogP contribution < -0.4 is 9.47 Å². The third kappa shape index (κ3) is 6.53. The standard InChI is InChI=1S/C28H30N2O5/c1-3-15-29(27(31)14-11-22-7-5-4-6-8-22)19-28(32)30(18-24-12-9-21(2)35-24)17-23-10-13-25-26(16-23)34-20-33-25/h3-10,12-13,16H,1,11,14-15,17-20H2,2H3. The molecule has 0 saturated heterocycles. The second-order valence-electron chi connectivity index (χ2n) is 8.50. The Morgan fingerprint density at radius 1 is 0.914 bits per heavy atom. The molecule has 2 aromatic carbocycles. The van der Waals surface area contributed by atoms with Gasteiger partial charge in [-0.3, -0.25) is 9.59 Å². The van der Waals surface area contributed by atoms with Crippen LogP contribution in [0.5, 0.6) is 11.5 Å². The molecule has 0 unspecified atom stereocenters. The molecule has 2 heterocycles. The van der Waals surface area contributed by atoms with E-state index in [1.165, 1.54) is 0 Å². The van der Waals surface area contributed by atoms with E-state index >= 15 is 0 Å². The van der Waals surface area contributed by atoms with Gasteiger partial charge in [-0.2, -0.15) is 0 Å². The van der Waals surface area contributed by atoms with Crippen LogP contribution in [-0.2, 0) is 29.1 Å². The molecular weight excluding hydrogens is 444 g/mol. The molecule has 182 valence electrons. The van der Waals surface area contributed by atoms with Crippen molar-refractivity contribution in [2.45, 2.75) is 32.9 Å². The number of aryl methyl sites for hydroxylation is 2. The van der Waals surface area contributed by atoms with E-state index in [0.717, 1.165) is 16.9 Å². The Morgan fingerprint density at radius 3 is 2.46 bits per heavy atom. The first-order chi connectivity index (χ1) is 17.0. The second kappa shape index (κ2) is 11.4. The molecule has 0 spiro atoms. The van der Waals surface area contributed by atoms with Crippen LogP contribution in [0, 0.1) is 6.92 Å². The number of carbonyl (C=O) groups is 2. The lowest BCUT2D eigenvalue weighted by Gasteiger charge is -2.27. The van der Waals surface area contributed by atoms with Crippen molar-refractivity contribution in [2.24, 2.45) is 0 Å². The van der Waals surface area contributed by atoms with E-state index in [0.29, 0.717) is 49.7 Å². The molecule has 1 aliphatic heterocycles. The summed E-state index contributed by atoms with van der Waals surface area (Å²) in [6, 6.07) is 19.2. The highest BCUT2D eigenvalue weighted by molar-refractivity contribution is 5.85. The fourth-order valence-corrected chi connectivity index (χ4v) is 3.98. The lowest BCUT2D eigenvalue weighted by molar-refractivity contribution is -0.141. The van der Waals surface area contributed by atoms with E-state index in [4.69, 9.17) is 13.9 Å². The minimum Gasteiger partial charge on any atom is -0.464 e. The Balaban J connectivity index is 1.46. The lowest BCUT2D eigenvalue weighted by atomic mass is 10.1. The van der Waals surface area contributed by atoms with Crippen molar-refractivity contribution in [1.82, 2.24) is 9.80 Å². The van der Waals surface area contributed by atoms with Gasteiger partial charge in [-0.1, -0.05) is 42.5 Å². The minimum absolute atomic E-state index is 0.0378. The van der Waals surface area contributed by atoms with Crippen LogP contribution in [-0.4, -0.2) is 41.5 Å². The van der Waals surface area contributed by atoms with Crippen LogP contribution in [0.4, 0.5) is 0 Å². The molecule has 0 N–H and O–H groups in total. The maximum absolute atomic E-state index is 13.5. The number of ether oxygens (including phenoxy) is 2. The Bertz CT molecular complexity index is 1170. The summed E-state index contributed by atoms with van der Waals surface area (Å²) in [7, 11) is 0. The first-order valence-corrected chi connectivity index (χ1v) is 11.7. The summed E-state index contributed by atoms with van der Waals surface area (Å²) >= 11 is 0. The number of nitrogens with zero attached hydrogens (tertiary/aromatic N) is 2. The smallest absolute Gasteiger partial charge is 0.242 e. The molecule has 3 aromatic rings. The molecular formula is C28H30N2O5. The number of rotatable bonds is 11. The molecule has 4 rings (SSSR count). The van der Waals surface area contributed by atoms with Gasteiger partial charge in [0.15, 0.2) is 11.5 Å². The molecule has 7 nitrogen and oxygen atoms in total. The van der Waals surface area contributed by atoms with Gasteiger partial charge in [-0.15, -0.1) is 6.58 Å². The number of benzene rings is 2. The van der Waals surface area contributed by atoms with E-state index in [1.807, 2.05) is 67.6 Å². The molecule has 0 bridgehead atoms. The third-order valence-corrected chi connectivity index (χ3v) is 5.80. The number of amides is 2. The zero-order valence-corrected chi connectivity index (χ0v) is 19.9. The molecule has 35 heavy (non-hydrogen) atoms. The summed E-state index contributed by atoms with van der Waals surface area (Å²) in [5, 5.41) is 0. The first kappa shape index (κ1) is 24.1. The number of furan rings is 1. The van der Waals surface area contributed by atoms with E-state index in [2.05, 4.69) is 6.58 Å². The Morgan fingerprint density at radius 2 is 1.71 bits per heavy atom. The quantitative estimate of drug-likeness (QED) is 0.383. The molecule has 0 fully saturated rings. The summed E-state index contributed by atoms with van der Waals surface area (Å²) < 4.78 is 16.6. The van der Waals surface area contributed by atoms with Gasteiger partial charge >= 0.3 is 0 Å². The highest BCUT2D eigenvalue weighted by Gasteiger charge is 2.23. The van der Waals surface area contributed by atoms with Crippen molar-refractivity contribution in [3.8, 4) is 11.5 Å². The Kier molecular flexibility index (Phi) is 7.88. The second-order valence-corrected chi connectivity index (χ2v) is 8.50. The van der Waals surface area contributed by atoms with Crippen LogP contribution in [0.25, 0.3) is 0 Å². The topological polar surface area (TPSA) is 72.2 Å². The normalized spacial score (nSPS) is 11.8. The van der Waals surface area contributed by atoms with Crippen LogP contribution in [0.3, 0.4) is 0 Å². The third-order valence-electron chi connectivity index (χ3n) is 5.80. The van der Waals surface area contributed by atoms with Gasteiger partial charge in [0.1, 0.15) is 18.1 Å². The molecule has 1 aliphatic rings. The van der Waals surface area contributed by atoms with Crippen molar-refractivity contribution in [3.05, 3.63) is 96.0 Å². The molecule has 7 heteroatoms.